The third-order valence-corrected chi connectivity index (χ3v) is 4.38. The molecular weight excluding hydrogens is 246 g/mol. The van der Waals surface area contributed by atoms with E-state index in [4.69, 9.17) is 9.57 Å². The van der Waals surface area contributed by atoms with Gasteiger partial charge in [-0.1, -0.05) is 18.2 Å². The maximum absolute atomic E-state index is 5.37. The Bertz CT molecular complexity index is 509. The number of fused-ring (bicyclic) bond motifs is 1. The number of benzene rings is 1. The van der Waals surface area contributed by atoms with Gasteiger partial charge in [0.1, 0.15) is 0 Å². The number of aryl methyl sites for hydroxylation is 1. The maximum Gasteiger partial charge on any atom is 0.0916 e. The lowest BCUT2D eigenvalue weighted by Crippen LogP contribution is -2.21. The van der Waals surface area contributed by atoms with Crippen LogP contribution in [0.25, 0.3) is 10.1 Å². The number of hydroxylamine groups is 1. The van der Waals surface area contributed by atoms with Crippen LogP contribution in [0.2, 0.25) is 0 Å². The minimum Gasteiger partial charge on any atom is -0.382 e. The van der Waals surface area contributed by atoms with Crippen molar-refractivity contribution in [3.8, 4) is 0 Å². The molecule has 1 N–H and O–H groups in total. The number of hydrogen-bond donors (Lipinski definition) is 1. The van der Waals surface area contributed by atoms with Crippen molar-refractivity contribution in [2.75, 3.05) is 20.3 Å². The van der Waals surface area contributed by atoms with E-state index in [0.717, 1.165) is 0 Å². The summed E-state index contributed by atoms with van der Waals surface area (Å²) in [5, 5.41) is 1.34. The van der Waals surface area contributed by atoms with Crippen molar-refractivity contribution < 1.29 is 9.57 Å². The van der Waals surface area contributed by atoms with Gasteiger partial charge < -0.3 is 4.74 Å². The summed E-state index contributed by atoms with van der Waals surface area (Å²) in [4.78, 5) is 6.70. The van der Waals surface area contributed by atoms with Crippen LogP contribution < -0.4 is 5.48 Å². The Hall–Kier alpha value is -0.940. The lowest BCUT2D eigenvalue weighted by Gasteiger charge is -2.13. The molecule has 18 heavy (non-hydrogen) atoms. The molecule has 1 unspecified atom stereocenters. The van der Waals surface area contributed by atoms with Crippen molar-refractivity contribution in [1.82, 2.24) is 5.48 Å². The van der Waals surface area contributed by atoms with Gasteiger partial charge in [0, 0.05) is 16.7 Å². The molecule has 2 aromatic rings. The predicted molar refractivity (Wildman–Crippen MR) is 75.9 cm³/mol. The number of ether oxygens (including phenoxy) is 1. The third-order valence-electron chi connectivity index (χ3n) is 2.92. The van der Waals surface area contributed by atoms with Crippen molar-refractivity contribution >= 4 is 21.4 Å². The van der Waals surface area contributed by atoms with Gasteiger partial charge in [-0.25, -0.2) is 0 Å². The van der Waals surface area contributed by atoms with Gasteiger partial charge in [-0.3, -0.25) is 4.84 Å². The summed E-state index contributed by atoms with van der Waals surface area (Å²) in [6.07, 6.45) is 0. The van der Waals surface area contributed by atoms with Crippen LogP contribution in [0.4, 0.5) is 0 Å². The Morgan fingerprint density at radius 2 is 2.06 bits per heavy atom. The molecular formula is C14H19NO2S. The topological polar surface area (TPSA) is 30.5 Å². The minimum atomic E-state index is 0.194. The van der Waals surface area contributed by atoms with Gasteiger partial charge in [-0.15, -0.1) is 11.3 Å². The van der Waals surface area contributed by atoms with Crippen LogP contribution in [0.3, 0.4) is 0 Å². The van der Waals surface area contributed by atoms with Crippen molar-refractivity contribution in [1.29, 1.82) is 0 Å². The maximum atomic E-state index is 5.37. The minimum absolute atomic E-state index is 0.194. The normalized spacial score (nSPS) is 13.1. The van der Waals surface area contributed by atoms with Crippen LogP contribution in [0.5, 0.6) is 0 Å². The third kappa shape index (κ3) is 2.90. The summed E-state index contributed by atoms with van der Waals surface area (Å²) >= 11 is 1.82. The summed E-state index contributed by atoms with van der Waals surface area (Å²) in [5.41, 5.74) is 4.40. The highest BCUT2D eigenvalue weighted by Gasteiger charge is 2.13. The Morgan fingerprint density at radius 3 is 2.78 bits per heavy atom. The number of methoxy groups -OCH3 is 1. The molecule has 0 bridgehead atoms. The first-order chi connectivity index (χ1) is 8.74. The van der Waals surface area contributed by atoms with Crippen LogP contribution in [0, 0.1) is 6.92 Å². The van der Waals surface area contributed by atoms with Gasteiger partial charge in [-0.05, 0) is 30.9 Å². The molecule has 98 valence electrons. The van der Waals surface area contributed by atoms with E-state index in [0.29, 0.717) is 13.2 Å². The molecule has 0 aliphatic heterocycles. The molecule has 2 rings (SSSR count). The Balaban J connectivity index is 2.08. The van der Waals surface area contributed by atoms with Crippen LogP contribution in [-0.2, 0) is 9.57 Å². The zero-order valence-electron chi connectivity index (χ0n) is 11.0. The molecule has 1 heterocycles. The quantitative estimate of drug-likeness (QED) is 0.641. The Kier molecular flexibility index (Phi) is 4.72. The SMILES string of the molecule is COCCONC(C)c1sc2ccccc2c1C. The van der Waals surface area contributed by atoms with Crippen molar-refractivity contribution in [2.45, 2.75) is 19.9 Å². The Morgan fingerprint density at radius 1 is 1.28 bits per heavy atom. The van der Waals surface area contributed by atoms with E-state index in [-0.39, 0.29) is 6.04 Å². The summed E-state index contributed by atoms with van der Waals surface area (Å²) in [7, 11) is 1.67. The number of thiophene rings is 1. The summed E-state index contributed by atoms with van der Waals surface area (Å²) in [5.74, 6) is 0. The molecule has 0 saturated carbocycles. The molecule has 1 aromatic heterocycles. The molecule has 0 spiro atoms. The van der Waals surface area contributed by atoms with Crippen LogP contribution >= 0.6 is 11.3 Å². The van der Waals surface area contributed by atoms with Crippen molar-refractivity contribution in [3.05, 3.63) is 34.7 Å². The molecule has 3 nitrogen and oxygen atoms in total. The fourth-order valence-electron chi connectivity index (χ4n) is 1.97. The molecule has 4 heteroatoms. The second-order valence-corrected chi connectivity index (χ2v) is 5.35. The number of rotatable bonds is 6. The molecule has 0 amide bonds. The van der Waals surface area contributed by atoms with Gasteiger partial charge >= 0.3 is 0 Å². The van der Waals surface area contributed by atoms with Crippen LogP contribution in [0.15, 0.2) is 24.3 Å². The van der Waals surface area contributed by atoms with E-state index < -0.39 is 0 Å². The molecule has 0 aliphatic carbocycles. The number of hydrogen-bond acceptors (Lipinski definition) is 4. The fourth-order valence-corrected chi connectivity index (χ4v) is 3.17. The first kappa shape index (κ1) is 13.5. The van der Waals surface area contributed by atoms with E-state index in [2.05, 4.69) is 43.6 Å². The van der Waals surface area contributed by atoms with Gasteiger partial charge in [-0.2, -0.15) is 5.48 Å². The summed E-state index contributed by atoms with van der Waals surface area (Å²) < 4.78 is 6.27. The molecule has 0 saturated heterocycles. The highest BCUT2D eigenvalue weighted by Crippen LogP contribution is 2.34. The first-order valence-electron chi connectivity index (χ1n) is 6.08. The predicted octanol–water partition coefficient (Wildman–Crippen LogP) is 3.44. The molecule has 0 fully saturated rings. The second kappa shape index (κ2) is 6.29. The molecule has 0 aliphatic rings. The van der Waals surface area contributed by atoms with Crippen molar-refractivity contribution in [2.24, 2.45) is 0 Å². The lowest BCUT2D eigenvalue weighted by atomic mass is 10.1. The fraction of sp³-hybridized carbons (Fsp3) is 0.429. The van der Waals surface area contributed by atoms with Crippen molar-refractivity contribution in [3.63, 3.8) is 0 Å². The van der Waals surface area contributed by atoms with E-state index in [9.17, 15) is 0 Å². The highest BCUT2D eigenvalue weighted by atomic mass is 32.1. The zero-order chi connectivity index (χ0) is 13.0. The first-order valence-corrected chi connectivity index (χ1v) is 6.90. The average molecular weight is 265 g/mol. The molecule has 1 aromatic carbocycles. The molecule has 1 atom stereocenters. The van der Waals surface area contributed by atoms with Crippen LogP contribution in [0.1, 0.15) is 23.4 Å². The van der Waals surface area contributed by atoms with Gasteiger partial charge in [0.05, 0.1) is 19.3 Å². The smallest absolute Gasteiger partial charge is 0.0916 e. The van der Waals surface area contributed by atoms with E-state index >= 15 is 0 Å². The van der Waals surface area contributed by atoms with E-state index in [1.165, 1.54) is 20.5 Å². The summed E-state index contributed by atoms with van der Waals surface area (Å²) in [6, 6.07) is 8.69. The monoisotopic (exact) mass is 265 g/mol. The Labute approximate surface area is 112 Å². The van der Waals surface area contributed by atoms with Gasteiger partial charge in [0.15, 0.2) is 0 Å². The largest absolute Gasteiger partial charge is 0.382 e. The summed E-state index contributed by atoms with van der Waals surface area (Å²) in [6.45, 7) is 5.45. The average Bonchev–Trinajstić information content (AvgIpc) is 2.73. The highest BCUT2D eigenvalue weighted by molar-refractivity contribution is 7.19. The lowest BCUT2D eigenvalue weighted by molar-refractivity contribution is -0.00875. The van der Waals surface area contributed by atoms with Gasteiger partial charge in [0.25, 0.3) is 0 Å². The zero-order valence-corrected chi connectivity index (χ0v) is 11.8. The van der Waals surface area contributed by atoms with E-state index in [1.807, 2.05) is 11.3 Å². The standard InChI is InChI=1S/C14H19NO2S/c1-10-12-6-4-5-7-13(12)18-14(10)11(2)15-17-9-8-16-3/h4-7,11,15H,8-9H2,1-3H3. The second-order valence-electron chi connectivity index (χ2n) is 4.27. The molecule has 0 radical (unpaired) electrons. The number of nitrogens with one attached hydrogen (secondary N) is 1. The van der Waals surface area contributed by atoms with Crippen LogP contribution in [-0.4, -0.2) is 20.3 Å². The van der Waals surface area contributed by atoms with Gasteiger partial charge in [0.2, 0.25) is 0 Å². The van der Waals surface area contributed by atoms with E-state index in [1.54, 1.807) is 7.11 Å².